The maximum Gasteiger partial charge on any atom is 0.187 e. The zero-order valence-corrected chi connectivity index (χ0v) is 12.5. The normalized spacial score (nSPS) is 26.4. The van der Waals surface area contributed by atoms with Gasteiger partial charge >= 0.3 is 0 Å². The minimum atomic E-state index is -0.982. The van der Waals surface area contributed by atoms with E-state index >= 15 is 0 Å². The highest BCUT2D eigenvalue weighted by atomic mass is 16.1. The fourth-order valence-corrected chi connectivity index (χ4v) is 2.73. The summed E-state index contributed by atoms with van der Waals surface area (Å²) >= 11 is 0. The van der Waals surface area contributed by atoms with E-state index in [2.05, 4.69) is 6.92 Å². The van der Waals surface area contributed by atoms with E-state index in [1.807, 2.05) is 26.8 Å². The van der Waals surface area contributed by atoms with Gasteiger partial charge in [-0.1, -0.05) is 18.6 Å². The fourth-order valence-electron chi connectivity index (χ4n) is 2.73. The summed E-state index contributed by atoms with van der Waals surface area (Å²) < 4.78 is 0. The number of benzene rings is 1. The number of allylic oxidation sites excluding steroid dienone is 2. The van der Waals surface area contributed by atoms with E-state index in [0.717, 1.165) is 5.57 Å². The van der Waals surface area contributed by atoms with Gasteiger partial charge in [-0.2, -0.15) is 0 Å². The van der Waals surface area contributed by atoms with Crippen molar-refractivity contribution in [2.75, 3.05) is 5.73 Å². The number of rotatable bonds is 2. The second-order valence-corrected chi connectivity index (χ2v) is 5.74. The lowest BCUT2D eigenvalue weighted by Crippen LogP contribution is -2.53. The molecule has 1 aromatic carbocycles. The molecule has 0 bridgehead atoms. The Balaban J connectivity index is 2.46. The molecule has 2 rings (SSSR count). The van der Waals surface area contributed by atoms with Crippen LogP contribution >= 0.6 is 0 Å². The molecule has 106 valence electrons. The Morgan fingerprint density at radius 3 is 2.25 bits per heavy atom. The zero-order chi connectivity index (χ0) is 15.1. The van der Waals surface area contributed by atoms with E-state index in [-0.39, 0.29) is 11.7 Å². The van der Waals surface area contributed by atoms with E-state index in [4.69, 9.17) is 11.5 Å². The molecule has 2 unspecified atom stereocenters. The van der Waals surface area contributed by atoms with E-state index in [1.165, 1.54) is 11.1 Å². The van der Waals surface area contributed by atoms with Gasteiger partial charge in [0.05, 0.1) is 0 Å². The van der Waals surface area contributed by atoms with Crippen LogP contribution in [-0.2, 0) is 0 Å². The van der Waals surface area contributed by atoms with E-state index < -0.39 is 5.54 Å². The van der Waals surface area contributed by atoms with Gasteiger partial charge in [-0.05, 0) is 56.2 Å². The molecule has 0 amide bonds. The van der Waals surface area contributed by atoms with E-state index in [1.54, 1.807) is 24.3 Å². The molecule has 20 heavy (non-hydrogen) atoms. The summed E-state index contributed by atoms with van der Waals surface area (Å²) in [6.45, 7) is 8.14. The number of nitrogen functional groups attached to an aromatic ring is 1. The van der Waals surface area contributed by atoms with Crippen LogP contribution < -0.4 is 11.5 Å². The number of carbonyl (C=O) groups excluding carboxylic acids is 1. The Kier molecular flexibility index (Phi) is 3.57. The minimum Gasteiger partial charge on any atom is -0.399 e. The minimum absolute atomic E-state index is 0.0174. The van der Waals surface area contributed by atoms with Gasteiger partial charge in [-0.3, -0.25) is 4.79 Å². The van der Waals surface area contributed by atoms with Crippen molar-refractivity contribution in [2.24, 2.45) is 11.7 Å². The molecule has 0 fully saturated rings. The number of carbonyl (C=O) groups is 1. The van der Waals surface area contributed by atoms with Gasteiger partial charge in [0.25, 0.3) is 0 Å². The van der Waals surface area contributed by atoms with E-state index in [0.29, 0.717) is 11.3 Å². The lowest BCUT2D eigenvalue weighted by atomic mass is 9.70. The lowest BCUT2D eigenvalue weighted by Gasteiger charge is -2.37. The molecule has 0 radical (unpaired) electrons. The second-order valence-electron chi connectivity index (χ2n) is 5.74. The molecule has 4 N–H and O–H groups in total. The van der Waals surface area contributed by atoms with E-state index in [9.17, 15) is 4.79 Å². The largest absolute Gasteiger partial charge is 0.399 e. The van der Waals surface area contributed by atoms with Crippen LogP contribution in [0.5, 0.6) is 0 Å². The third-order valence-corrected chi connectivity index (χ3v) is 4.57. The molecule has 3 nitrogen and oxygen atoms in total. The SMILES string of the molecule is CC1=CC(N)(C(=O)c2ccc(N)cc2)C(C)C(C)=C1C. The predicted octanol–water partition coefficient (Wildman–Crippen LogP) is 3.08. The highest BCUT2D eigenvalue weighted by Gasteiger charge is 2.41. The Morgan fingerprint density at radius 1 is 1.15 bits per heavy atom. The molecule has 1 aliphatic carbocycles. The summed E-state index contributed by atoms with van der Waals surface area (Å²) in [7, 11) is 0. The Hall–Kier alpha value is -1.87. The average molecular weight is 270 g/mol. The maximum atomic E-state index is 12.8. The van der Waals surface area contributed by atoms with Gasteiger partial charge in [0.2, 0.25) is 0 Å². The Morgan fingerprint density at radius 2 is 1.70 bits per heavy atom. The smallest absolute Gasteiger partial charge is 0.187 e. The first-order valence-corrected chi connectivity index (χ1v) is 6.83. The van der Waals surface area contributed by atoms with Crippen molar-refractivity contribution in [1.29, 1.82) is 0 Å². The fraction of sp³-hybridized carbons (Fsp3) is 0.353. The highest BCUT2D eigenvalue weighted by Crippen LogP contribution is 2.36. The molecule has 2 atom stereocenters. The van der Waals surface area contributed by atoms with Gasteiger partial charge in [-0.25, -0.2) is 0 Å². The van der Waals surface area contributed by atoms with Crippen molar-refractivity contribution >= 4 is 11.5 Å². The summed E-state index contributed by atoms with van der Waals surface area (Å²) in [4.78, 5) is 12.8. The molecule has 0 spiro atoms. The molecule has 0 aromatic heterocycles. The standard InChI is InChI=1S/C17H22N2O/c1-10-9-17(19,13(4)12(3)11(10)2)16(20)14-5-7-15(18)8-6-14/h5-9,13H,18-19H2,1-4H3. The number of nitrogens with two attached hydrogens (primary N) is 2. The van der Waals surface area contributed by atoms with Crippen LogP contribution in [0.25, 0.3) is 0 Å². The third-order valence-electron chi connectivity index (χ3n) is 4.57. The summed E-state index contributed by atoms with van der Waals surface area (Å²) in [6, 6.07) is 6.94. The molecule has 1 aromatic rings. The van der Waals surface area contributed by atoms with Crippen molar-refractivity contribution in [1.82, 2.24) is 0 Å². The van der Waals surface area contributed by atoms with Crippen molar-refractivity contribution in [3.63, 3.8) is 0 Å². The van der Waals surface area contributed by atoms with Gasteiger partial charge in [-0.15, -0.1) is 0 Å². The maximum absolute atomic E-state index is 12.8. The van der Waals surface area contributed by atoms with Crippen LogP contribution in [0.15, 0.2) is 47.1 Å². The summed E-state index contributed by atoms with van der Waals surface area (Å²) in [5, 5.41) is 0. The van der Waals surface area contributed by atoms with Crippen LogP contribution in [0.2, 0.25) is 0 Å². The summed E-state index contributed by atoms with van der Waals surface area (Å²) in [5.74, 6) is -0.0764. The lowest BCUT2D eigenvalue weighted by molar-refractivity contribution is 0.0890. The van der Waals surface area contributed by atoms with Crippen molar-refractivity contribution in [2.45, 2.75) is 33.2 Å². The third kappa shape index (κ3) is 2.18. The average Bonchev–Trinajstić information content (AvgIpc) is 2.43. The summed E-state index contributed by atoms with van der Waals surface area (Å²) in [5.41, 5.74) is 15.9. The molecular formula is C17H22N2O. The topological polar surface area (TPSA) is 69.1 Å². The van der Waals surface area contributed by atoms with Crippen molar-refractivity contribution in [3.05, 3.63) is 52.6 Å². The van der Waals surface area contributed by atoms with Crippen molar-refractivity contribution < 1.29 is 4.79 Å². The van der Waals surface area contributed by atoms with Crippen LogP contribution in [0.4, 0.5) is 5.69 Å². The number of hydrogen-bond acceptors (Lipinski definition) is 3. The monoisotopic (exact) mass is 270 g/mol. The van der Waals surface area contributed by atoms with Crippen LogP contribution in [0, 0.1) is 5.92 Å². The molecule has 0 saturated heterocycles. The van der Waals surface area contributed by atoms with Crippen LogP contribution in [-0.4, -0.2) is 11.3 Å². The number of ketones is 1. The summed E-state index contributed by atoms with van der Waals surface area (Å²) in [6.07, 6.45) is 1.90. The predicted molar refractivity (Wildman–Crippen MR) is 83.4 cm³/mol. The number of Topliss-reactive ketones (excluding diaryl/α,β-unsaturated/α-hetero) is 1. The zero-order valence-electron chi connectivity index (χ0n) is 12.5. The molecule has 0 aliphatic heterocycles. The number of anilines is 1. The van der Waals surface area contributed by atoms with Crippen LogP contribution in [0.1, 0.15) is 38.1 Å². The molecule has 0 saturated carbocycles. The molecular weight excluding hydrogens is 248 g/mol. The van der Waals surface area contributed by atoms with Crippen LogP contribution in [0.3, 0.4) is 0 Å². The highest BCUT2D eigenvalue weighted by molar-refractivity contribution is 6.05. The Bertz CT molecular complexity index is 610. The van der Waals surface area contributed by atoms with Gasteiger partial charge < -0.3 is 11.5 Å². The molecule has 0 heterocycles. The second kappa shape index (κ2) is 4.91. The van der Waals surface area contributed by atoms with Crippen molar-refractivity contribution in [3.8, 4) is 0 Å². The number of hydrogen-bond donors (Lipinski definition) is 2. The van der Waals surface area contributed by atoms with Gasteiger partial charge in [0.15, 0.2) is 5.78 Å². The first-order valence-electron chi connectivity index (χ1n) is 6.83. The Labute approximate surface area is 120 Å². The van der Waals surface area contributed by atoms with Gasteiger partial charge in [0, 0.05) is 17.2 Å². The first-order chi connectivity index (χ1) is 9.27. The quantitative estimate of drug-likeness (QED) is 0.641. The molecule has 3 heteroatoms. The van der Waals surface area contributed by atoms with Gasteiger partial charge in [0.1, 0.15) is 5.54 Å². The molecule has 1 aliphatic rings. The first kappa shape index (κ1) is 14.5.